The van der Waals surface area contributed by atoms with E-state index in [-0.39, 0.29) is 24.6 Å². The molecule has 0 radical (unpaired) electrons. The second-order valence-corrected chi connectivity index (χ2v) is 8.39. The van der Waals surface area contributed by atoms with E-state index in [1.165, 1.54) is 6.20 Å². The van der Waals surface area contributed by atoms with Gasteiger partial charge in [0.2, 0.25) is 5.82 Å². The molecule has 0 saturated heterocycles. The molecule has 0 N–H and O–H groups in total. The summed E-state index contributed by atoms with van der Waals surface area (Å²) in [6, 6.07) is 5.77. The van der Waals surface area contributed by atoms with Crippen molar-refractivity contribution in [2.75, 3.05) is 13.1 Å². The summed E-state index contributed by atoms with van der Waals surface area (Å²) in [4.78, 5) is 2.97. The van der Waals surface area contributed by atoms with Crippen LogP contribution in [0, 0.1) is 0 Å². The number of nitrogens with zero attached hydrogens (tertiary/aromatic N) is 2. The normalized spacial score (nSPS) is 20.6. The van der Waals surface area contributed by atoms with Gasteiger partial charge in [0.15, 0.2) is 0 Å². The average molecular weight is 437 g/mol. The molecule has 0 spiro atoms. The molecular formula is C18H15F6N2O2S+. The number of halogens is 6. The summed E-state index contributed by atoms with van der Waals surface area (Å²) in [6.45, 7) is 0.271. The van der Waals surface area contributed by atoms with Gasteiger partial charge in [0.1, 0.15) is 17.8 Å². The second kappa shape index (κ2) is 7.13. The highest BCUT2D eigenvalue weighted by atomic mass is 32.2. The predicted molar refractivity (Wildman–Crippen MR) is 93.9 cm³/mol. The van der Waals surface area contributed by atoms with E-state index in [4.69, 9.17) is 0 Å². The fourth-order valence-corrected chi connectivity index (χ4v) is 4.07. The Hall–Kier alpha value is -2.40. The number of pyridine rings is 1. The molecule has 3 rings (SSSR count). The van der Waals surface area contributed by atoms with Gasteiger partial charge in [0, 0.05) is 24.8 Å². The molecule has 2 heterocycles. The van der Waals surface area contributed by atoms with Crippen molar-refractivity contribution >= 4 is 21.3 Å². The molecule has 0 aliphatic carbocycles. The Balaban J connectivity index is 2.17. The third-order valence-corrected chi connectivity index (χ3v) is 6.21. The SMILES string of the molecule is O=S(=O)(c1ccc([N+]2(c3ncccc3C(F)(F)F)CC=CCC2)cc1)C(F)(F)F. The zero-order valence-corrected chi connectivity index (χ0v) is 15.5. The van der Waals surface area contributed by atoms with E-state index in [0.29, 0.717) is 6.42 Å². The number of sulfone groups is 1. The predicted octanol–water partition coefficient (Wildman–Crippen LogP) is 4.99. The van der Waals surface area contributed by atoms with Crippen LogP contribution < -0.4 is 4.48 Å². The van der Waals surface area contributed by atoms with E-state index in [1.807, 2.05) is 0 Å². The topological polar surface area (TPSA) is 47.0 Å². The van der Waals surface area contributed by atoms with Gasteiger partial charge in [-0.1, -0.05) is 6.08 Å². The maximum Gasteiger partial charge on any atom is 0.501 e. The first-order chi connectivity index (χ1) is 13.4. The van der Waals surface area contributed by atoms with Crippen LogP contribution in [0.1, 0.15) is 12.0 Å². The van der Waals surface area contributed by atoms with E-state index in [1.54, 1.807) is 12.2 Å². The Bertz CT molecular complexity index is 1030. The lowest BCUT2D eigenvalue weighted by Gasteiger charge is -2.38. The number of aromatic nitrogens is 1. The van der Waals surface area contributed by atoms with Crippen LogP contribution in [-0.4, -0.2) is 32.0 Å². The third kappa shape index (κ3) is 3.76. The maximum atomic E-state index is 13.6. The highest BCUT2D eigenvalue weighted by Gasteiger charge is 2.48. The first-order valence-corrected chi connectivity index (χ1v) is 9.85. The van der Waals surface area contributed by atoms with Gasteiger partial charge in [-0.2, -0.15) is 26.3 Å². The number of quaternary nitrogens is 1. The van der Waals surface area contributed by atoms with Crippen molar-refractivity contribution in [1.82, 2.24) is 9.47 Å². The van der Waals surface area contributed by atoms with Crippen molar-refractivity contribution in [3.8, 4) is 0 Å². The highest BCUT2D eigenvalue weighted by Crippen LogP contribution is 2.43. The summed E-state index contributed by atoms with van der Waals surface area (Å²) >= 11 is 0. The van der Waals surface area contributed by atoms with Gasteiger partial charge in [0.25, 0.3) is 9.84 Å². The van der Waals surface area contributed by atoms with Crippen molar-refractivity contribution in [2.24, 2.45) is 0 Å². The van der Waals surface area contributed by atoms with Crippen molar-refractivity contribution in [2.45, 2.75) is 23.0 Å². The van der Waals surface area contributed by atoms with Crippen molar-refractivity contribution in [1.29, 1.82) is 0 Å². The van der Waals surface area contributed by atoms with Gasteiger partial charge < -0.3 is 0 Å². The maximum absolute atomic E-state index is 13.6. The Morgan fingerprint density at radius 2 is 1.59 bits per heavy atom. The Morgan fingerprint density at radius 1 is 0.931 bits per heavy atom. The second-order valence-electron chi connectivity index (χ2n) is 6.45. The lowest BCUT2D eigenvalue weighted by molar-refractivity contribution is -0.138. The minimum atomic E-state index is -5.56. The van der Waals surface area contributed by atoms with Crippen LogP contribution in [0.25, 0.3) is 0 Å². The first kappa shape index (κ1) is 21.3. The molecule has 1 unspecified atom stereocenters. The molecule has 2 aromatic rings. The molecule has 11 heteroatoms. The largest absolute Gasteiger partial charge is 0.501 e. The van der Waals surface area contributed by atoms with Gasteiger partial charge in [-0.25, -0.2) is 17.9 Å². The zero-order valence-electron chi connectivity index (χ0n) is 14.7. The van der Waals surface area contributed by atoms with Crippen LogP contribution in [0.3, 0.4) is 0 Å². The van der Waals surface area contributed by atoms with Crippen molar-refractivity contribution in [3.63, 3.8) is 0 Å². The van der Waals surface area contributed by atoms with Gasteiger partial charge in [0.05, 0.1) is 11.4 Å². The van der Waals surface area contributed by atoms with Crippen LogP contribution in [0.2, 0.25) is 0 Å². The van der Waals surface area contributed by atoms with Crippen LogP contribution in [0.15, 0.2) is 59.6 Å². The minimum Gasteiger partial charge on any atom is -0.238 e. The lowest BCUT2D eigenvalue weighted by Crippen LogP contribution is -2.48. The monoisotopic (exact) mass is 437 g/mol. The standard InChI is InChI=1S/C18H15F6N2O2S/c19-17(20,21)15-5-4-10-25-16(15)26(11-2-1-3-12-26)13-6-8-14(9-7-13)29(27,28)18(22,23)24/h1-2,4-10H,3,11-12H2/q+1. The fraction of sp³-hybridized carbons (Fsp3) is 0.278. The molecule has 1 aromatic carbocycles. The van der Waals surface area contributed by atoms with E-state index >= 15 is 0 Å². The molecule has 1 aromatic heterocycles. The summed E-state index contributed by atoms with van der Waals surface area (Å²) in [7, 11) is -5.56. The fourth-order valence-electron chi connectivity index (χ4n) is 3.31. The van der Waals surface area contributed by atoms with Gasteiger partial charge in [-0.15, -0.1) is 0 Å². The molecule has 29 heavy (non-hydrogen) atoms. The first-order valence-electron chi connectivity index (χ1n) is 8.36. The van der Waals surface area contributed by atoms with Crippen LogP contribution in [0.5, 0.6) is 0 Å². The quantitative estimate of drug-likeness (QED) is 0.386. The zero-order chi connectivity index (χ0) is 21.5. The van der Waals surface area contributed by atoms with E-state index in [0.717, 1.165) is 36.4 Å². The molecule has 1 aliphatic rings. The Labute approximate surface area is 162 Å². The lowest BCUT2D eigenvalue weighted by atomic mass is 10.1. The summed E-state index contributed by atoms with van der Waals surface area (Å²) in [6.07, 6.45) is 0.394. The van der Waals surface area contributed by atoms with Crippen molar-refractivity contribution < 1.29 is 34.8 Å². The van der Waals surface area contributed by atoms with Crippen molar-refractivity contribution in [3.05, 3.63) is 60.3 Å². The van der Waals surface area contributed by atoms with Crippen LogP contribution in [0.4, 0.5) is 37.8 Å². The van der Waals surface area contributed by atoms with Gasteiger partial charge >= 0.3 is 11.7 Å². The van der Waals surface area contributed by atoms with Crippen LogP contribution in [-0.2, 0) is 16.0 Å². The number of hydrogen-bond acceptors (Lipinski definition) is 3. The molecule has 0 bridgehead atoms. The van der Waals surface area contributed by atoms with E-state index in [2.05, 4.69) is 4.98 Å². The molecule has 0 amide bonds. The molecule has 4 nitrogen and oxygen atoms in total. The minimum absolute atomic E-state index is 0.0888. The average Bonchev–Trinajstić information content (AvgIpc) is 2.67. The summed E-state index contributed by atoms with van der Waals surface area (Å²) < 4.78 is 102. The van der Waals surface area contributed by atoms with Gasteiger partial charge in [-0.05, 0) is 30.3 Å². The smallest absolute Gasteiger partial charge is 0.238 e. The molecule has 156 valence electrons. The number of hydrogen-bond donors (Lipinski definition) is 0. The third-order valence-electron chi connectivity index (χ3n) is 4.70. The summed E-state index contributed by atoms with van der Waals surface area (Å²) in [5.74, 6) is -0.296. The number of benzene rings is 1. The number of rotatable bonds is 3. The summed E-state index contributed by atoms with van der Waals surface area (Å²) in [5.41, 5.74) is -6.22. The number of alkyl halides is 6. The Morgan fingerprint density at radius 3 is 2.10 bits per heavy atom. The molecular weight excluding hydrogens is 422 g/mol. The van der Waals surface area contributed by atoms with Gasteiger partial charge in [-0.3, -0.25) is 0 Å². The Kier molecular flexibility index (Phi) is 5.24. The molecule has 1 aliphatic heterocycles. The molecule has 0 fully saturated rings. The summed E-state index contributed by atoms with van der Waals surface area (Å²) in [5, 5.41) is 0. The molecule has 0 saturated carbocycles. The highest BCUT2D eigenvalue weighted by molar-refractivity contribution is 7.92. The van der Waals surface area contributed by atoms with Crippen LogP contribution >= 0.6 is 0 Å². The van der Waals surface area contributed by atoms with E-state index in [9.17, 15) is 34.8 Å². The van der Waals surface area contributed by atoms with E-state index < -0.39 is 36.5 Å². The molecule has 1 atom stereocenters.